The molecule has 0 atom stereocenters. The molecule has 0 unspecified atom stereocenters. The van der Waals surface area contributed by atoms with Crippen molar-refractivity contribution in [2.75, 3.05) is 13.6 Å². The summed E-state index contributed by atoms with van der Waals surface area (Å²) in [5.74, 6) is -0.730. The number of hydrazine groups is 1. The molecular formula is C19H24Cl2N4O3. The van der Waals surface area contributed by atoms with Crippen molar-refractivity contribution in [3.05, 3.63) is 33.8 Å². The van der Waals surface area contributed by atoms with E-state index in [4.69, 9.17) is 23.2 Å². The van der Waals surface area contributed by atoms with Crippen molar-refractivity contribution < 1.29 is 14.4 Å². The van der Waals surface area contributed by atoms with E-state index >= 15 is 0 Å². The number of urea groups is 1. The molecule has 4 amide bonds. The number of carbonyl (C=O) groups excluding carboxylic acids is 3. The summed E-state index contributed by atoms with van der Waals surface area (Å²) in [7, 11) is 1.88. The van der Waals surface area contributed by atoms with E-state index in [0.29, 0.717) is 36.0 Å². The summed E-state index contributed by atoms with van der Waals surface area (Å²) in [6, 6.07) is 4.85. The molecule has 7 nitrogen and oxygen atoms in total. The number of carbonyl (C=O) groups is 3. The van der Waals surface area contributed by atoms with Crippen LogP contribution in [0.2, 0.25) is 10.0 Å². The van der Waals surface area contributed by atoms with Crippen molar-refractivity contribution in [3.8, 4) is 0 Å². The lowest BCUT2D eigenvalue weighted by Gasteiger charge is -2.30. The lowest BCUT2D eigenvalue weighted by Crippen LogP contribution is -2.51. The van der Waals surface area contributed by atoms with Gasteiger partial charge in [-0.3, -0.25) is 15.0 Å². The first-order valence-electron chi connectivity index (χ1n) is 9.39. The van der Waals surface area contributed by atoms with Gasteiger partial charge in [-0.1, -0.05) is 48.5 Å². The molecule has 0 radical (unpaired) electrons. The fraction of sp³-hybridized carbons (Fsp3) is 0.526. The third-order valence-corrected chi connectivity index (χ3v) is 6.00. The van der Waals surface area contributed by atoms with Gasteiger partial charge in [-0.15, -0.1) is 0 Å². The lowest BCUT2D eigenvalue weighted by atomic mass is 9.82. The highest BCUT2D eigenvalue weighted by molar-refractivity contribution is 6.42. The standard InChI is InChI=1S/C19H24Cl2N4O3/c1-24(12-13-5-6-14(20)15(21)11-13)10-7-16(26)23-25-17(27)19(22-18(25)28)8-3-2-4-9-19/h5-6,11H,2-4,7-10,12H2,1H3,(H,22,28)(H,23,26). The van der Waals surface area contributed by atoms with Crippen molar-refractivity contribution >= 4 is 41.0 Å². The number of rotatable bonds is 6. The number of amides is 4. The first-order chi connectivity index (χ1) is 13.3. The van der Waals surface area contributed by atoms with Crippen LogP contribution in [0.25, 0.3) is 0 Å². The summed E-state index contributed by atoms with van der Waals surface area (Å²) in [6.07, 6.45) is 4.25. The Bertz CT molecular complexity index is 780. The Morgan fingerprint density at radius 1 is 1.21 bits per heavy atom. The summed E-state index contributed by atoms with van der Waals surface area (Å²) in [5, 5.41) is 4.59. The van der Waals surface area contributed by atoms with Crippen molar-refractivity contribution in [2.24, 2.45) is 0 Å². The minimum atomic E-state index is -0.840. The molecule has 0 bridgehead atoms. The monoisotopic (exact) mass is 426 g/mol. The first-order valence-corrected chi connectivity index (χ1v) is 10.1. The van der Waals surface area contributed by atoms with Crippen LogP contribution < -0.4 is 10.7 Å². The highest BCUT2D eigenvalue weighted by atomic mass is 35.5. The molecule has 1 spiro atoms. The van der Waals surface area contributed by atoms with E-state index in [9.17, 15) is 14.4 Å². The maximum Gasteiger partial charge on any atom is 0.344 e. The predicted octanol–water partition coefficient (Wildman–Crippen LogP) is 3.10. The Balaban J connectivity index is 1.49. The van der Waals surface area contributed by atoms with Gasteiger partial charge in [0.1, 0.15) is 5.54 Å². The first kappa shape index (κ1) is 20.9. The smallest absolute Gasteiger partial charge is 0.322 e. The Kier molecular flexibility index (Phi) is 6.47. The molecule has 1 saturated heterocycles. The average molecular weight is 427 g/mol. The molecular weight excluding hydrogens is 403 g/mol. The molecule has 1 heterocycles. The molecule has 3 rings (SSSR count). The topological polar surface area (TPSA) is 81.8 Å². The molecule has 0 aromatic heterocycles. The van der Waals surface area contributed by atoms with Crippen LogP contribution in [0.3, 0.4) is 0 Å². The molecule has 2 N–H and O–H groups in total. The molecule has 2 aliphatic rings. The van der Waals surface area contributed by atoms with Crippen molar-refractivity contribution in [3.63, 3.8) is 0 Å². The van der Waals surface area contributed by atoms with Crippen LogP contribution in [0.5, 0.6) is 0 Å². The maximum absolute atomic E-state index is 12.7. The second-order valence-electron chi connectivity index (χ2n) is 7.48. The molecule has 1 aromatic rings. The Morgan fingerprint density at radius 3 is 2.61 bits per heavy atom. The summed E-state index contributed by atoms with van der Waals surface area (Å²) < 4.78 is 0. The Labute approximate surface area is 174 Å². The zero-order valence-corrected chi connectivity index (χ0v) is 17.3. The third kappa shape index (κ3) is 4.59. The Morgan fingerprint density at radius 2 is 1.93 bits per heavy atom. The summed E-state index contributed by atoms with van der Waals surface area (Å²) in [6.45, 7) is 1.05. The summed E-state index contributed by atoms with van der Waals surface area (Å²) >= 11 is 11.9. The van der Waals surface area contributed by atoms with Crippen LogP contribution in [0.1, 0.15) is 44.1 Å². The van der Waals surface area contributed by atoms with Crippen molar-refractivity contribution in [1.82, 2.24) is 20.7 Å². The van der Waals surface area contributed by atoms with E-state index in [0.717, 1.165) is 29.8 Å². The van der Waals surface area contributed by atoms with E-state index in [1.165, 1.54) is 0 Å². The molecule has 9 heteroatoms. The van der Waals surface area contributed by atoms with Gasteiger partial charge in [0.25, 0.3) is 5.91 Å². The summed E-state index contributed by atoms with van der Waals surface area (Å²) in [4.78, 5) is 39.1. The van der Waals surface area contributed by atoms with Gasteiger partial charge in [0, 0.05) is 19.5 Å². The van der Waals surface area contributed by atoms with Gasteiger partial charge in [-0.2, -0.15) is 5.01 Å². The second-order valence-corrected chi connectivity index (χ2v) is 8.30. The zero-order chi connectivity index (χ0) is 20.3. The van der Waals surface area contributed by atoms with Crippen LogP contribution in [0.4, 0.5) is 4.79 Å². The molecule has 2 fully saturated rings. The molecule has 1 aliphatic carbocycles. The van der Waals surface area contributed by atoms with Gasteiger partial charge in [0.15, 0.2) is 0 Å². The van der Waals surface area contributed by atoms with Gasteiger partial charge in [0.2, 0.25) is 5.91 Å². The quantitative estimate of drug-likeness (QED) is 0.684. The highest BCUT2D eigenvalue weighted by Gasteiger charge is 2.52. The fourth-order valence-corrected chi connectivity index (χ4v) is 4.04. The highest BCUT2D eigenvalue weighted by Crippen LogP contribution is 2.33. The molecule has 152 valence electrons. The van der Waals surface area contributed by atoms with E-state index in [1.54, 1.807) is 12.1 Å². The normalized spacial score (nSPS) is 18.6. The summed E-state index contributed by atoms with van der Waals surface area (Å²) in [5.41, 5.74) is 2.59. The van der Waals surface area contributed by atoms with Gasteiger partial charge in [-0.25, -0.2) is 4.79 Å². The SMILES string of the molecule is CN(CCC(=O)NN1C(=O)NC2(CCCCC2)C1=O)Cc1ccc(Cl)c(Cl)c1. The minimum Gasteiger partial charge on any atom is -0.322 e. The van der Waals surface area contributed by atoms with Crippen molar-refractivity contribution in [2.45, 2.75) is 50.6 Å². The molecule has 1 aliphatic heterocycles. The second kappa shape index (κ2) is 8.68. The van der Waals surface area contributed by atoms with Crippen LogP contribution in [0, 0.1) is 0 Å². The van der Waals surface area contributed by atoms with Crippen LogP contribution >= 0.6 is 23.2 Å². The Hall–Kier alpha value is -1.83. The molecule has 1 aromatic carbocycles. The average Bonchev–Trinajstić information content (AvgIpc) is 2.88. The van der Waals surface area contributed by atoms with Gasteiger partial charge in [-0.05, 0) is 37.6 Å². The van der Waals surface area contributed by atoms with Crippen LogP contribution in [-0.4, -0.2) is 46.9 Å². The molecule has 1 saturated carbocycles. The number of hydrogen-bond acceptors (Lipinski definition) is 4. The molecule has 28 heavy (non-hydrogen) atoms. The van der Waals surface area contributed by atoms with E-state index in [1.807, 2.05) is 18.0 Å². The lowest BCUT2D eigenvalue weighted by molar-refractivity contribution is -0.140. The van der Waals surface area contributed by atoms with E-state index < -0.39 is 11.6 Å². The van der Waals surface area contributed by atoms with Gasteiger partial charge in [0.05, 0.1) is 10.0 Å². The zero-order valence-electron chi connectivity index (χ0n) is 15.8. The largest absolute Gasteiger partial charge is 0.344 e. The van der Waals surface area contributed by atoms with Crippen molar-refractivity contribution in [1.29, 1.82) is 0 Å². The number of nitrogens with one attached hydrogen (secondary N) is 2. The number of halogens is 2. The van der Waals surface area contributed by atoms with Crippen LogP contribution in [0.15, 0.2) is 18.2 Å². The number of nitrogens with zero attached hydrogens (tertiary/aromatic N) is 2. The minimum absolute atomic E-state index is 0.155. The number of hydrogen-bond donors (Lipinski definition) is 2. The predicted molar refractivity (Wildman–Crippen MR) is 107 cm³/mol. The maximum atomic E-state index is 12.7. The third-order valence-electron chi connectivity index (χ3n) is 5.26. The van der Waals surface area contributed by atoms with Gasteiger partial charge < -0.3 is 10.2 Å². The van der Waals surface area contributed by atoms with E-state index in [-0.39, 0.29) is 18.2 Å². The van der Waals surface area contributed by atoms with Crippen LogP contribution in [-0.2, 0) is 16.1 Å². The van der Waals surface area contributed by atoms with Gasteiger partial charge >= 0.3 is 6.03 Å². The number of imide groups is 1. The number of benzene rings is 1. The fourth-order valence-electron chi connectivity index (χ4n) is 3.72. The van der Waals surface area contributed by atoms with E-state index in [2.05, 4.69) is 10.7 Å².